The Morgan fingerprint density at radius 2 is 1.83 bits per heavy atom. The Balaban J connectivity index is 3.19. The van der Waals surface area contributed by atoms with Gasteiger partial charge in [-0.05, 0) is 44.5 Å². The Morgan fingerprint density at radius 1 is 1.21 bits per heavy atom. The van der Waals surface area contributed by atoms with Crippen LogP contribution in [0.3, 0.4) is 0 Å². The number of carbonyl (C=O) groups excluding carboxylic acids is 2. The van der Waals surface area contributed by atoms with Crippen molar-refractivity contribution in [2.24, 2.45) is 0 Å². The van der Waals surface area contributed by atoms with E-state index in [1.807, 2.05) is 0 Å². The van der Waals surface area contributed by atoms with Crippen molar-refractivity contribution in [1.82, 2.24) is 4.90 Å². The zero-order valence-electron chi connectivity index (χ0n) is 17.1. The van der Waals surface area contributed by atoms with E-state index < -0.39 is 29.4 Å². The zero-order valence-corrected chi connectivity index (χ0v) is 18.0. The molecule has 0 aliphatic heterocycles. The minimum absolute atomic E-state index is 0.0101. The maximum atomic E-state index is 13.1. The number of rotatable bonds is 6. The van der Waals surface area contributed by atoms with Gasteiger partial charge in [0.15, 0.2) is 0 Å². The molecule has 1 amide bonds. The van der Waals surface area contributed by atoms with Crippen molar-refractivity contribution in [3.05, 3.63) is 40.4 Å². The van der Waals surface area contributed by atoms with Gasteiger partial charge in [0, 0.05) is 31.7 Å². The van der Waals surface area contributed by atoms with Crippen LogP contribution in [0, 0.1) is 0 Å². The number of amides is 1. The molecule has 0 aliphatic rings. The summed E-state index contributed by atoms with van der Waals surface area (Å²) in [6, 6.07) is 2.97. The summed E-state index contributed by atoms with van der Waals surface area (Å²) in [7, 11) is 4.61. The van der Waals surface area contributed by atoms with Crippen LogP contribution in [-0.4, -0.2) is 43.8 Å². The summed E-state index contributed by atoms with van der Waals surface area (Å²) >= 11 is 0.995. The number of alkyl halides is 3. The van der Waals surface area contributed by atoms with Gasteiger partial charge in [-0.3, -0.25) is 5.32 Å². The van der Waals surface area contributed by atoms with Crippen LogP contribution >= 0.6 is 11.8 Å². The minimum Gasteiger partial charge on any atom is -0.465 e. The summed E-state index contributed by atoms with van der Waals surface area (Å²) in [5.74, 6) is -0.624. The molecule has 29 heavy (non-hydrogen) atoms. The first-order valence-electron chi connectivity index (χ1n) is 8.52. The molecule has 0 aromatic heterocycles. The predicted molar refractivity (Wildman–Crippen MR) is 106 cm³/mol. The number of thioether (sulfide) groups is 1. The lowest BCUT2D eigenvalue weighted by Gasteiger charge is -2.21. The number of carbonyl (C=O) groups is 2. The molecule has 0 radical (unpaired) electrons. The molecule has 0 saturated carbocycles. The van der Waals surface area contributed by atoms with E-state index in [9.17, 15) is 22.8 Å². The van der Waals surface area contributed by atoms with Crippen molar-refractivity contribution in [3.63, 3.8) is 0 Å². The van der Waals surface area contributed by atoms with Gasteiger partial charge in [-0.1, -0.05) is 0 Å². The Kier molecular flexibility index (Phi) is 8.43. The van der Waals surface area contributed by atoms with Crippen LogP contribution in [0.4, 0.5) is 23.7 Å². The highest BCUT2D eigenvalue weighted by atomic mass is 32.2. The van der Waals surface area contributed by atoms with Gasteiger partial charge in [0.25, 0.3) is 0 Å². The van der Waals surface area contributed by atoms with Crippen LogP contribution < -0.4 is 5.32 Å². The summed E-state index contributed by atoms with van der Waals surface area (Å²) < 4.78 is 49.2. The molecule has 0 bridgehead atoms. The van der Waals surface area contributed by atoms with Gasteiger partial charge in [-0.25, -0.2) is 9.59 Å². The van der Waals surface area contributed by atoms with Gasteiger partial charge < -0.3 is 14.4 Å². The first-order valence-corrected chi connectivity index (χ1v) is 9.51. The molecule has 0 aliphatic carbocycles. The fraction of sp³-hybridized carbons (Fsp3) is 0.474. The highest BCUT2D eigenvalue weighted by Crippen LogP contribution is 2.34. The third-order valence-electron chi connectivity index (χ3n) is 3.21. The maximum absolute atomic E-state index is 13.1. The second-order valence-corrected chi connectivity index (χ2v) is 8.25. The number of nitrogens with one attached hydrogen (secondary N) is 1. The fourth-order valence-corrected chi connectivity index (χ4v) is 3.10. The first kappa shape index (κ1) is 24.7. The van der Waals surface area contributed by atoms with Crippen LogP contribution in [0.25, 0.3) is 0 Å². The highest BCUT2D eigenvalue weighted by Gasteiger charge is 2.31. The lowest BCUT2D eigenvalue weighted by Crippen LogP contribution is -2.27. The summed E-state index contributed by atoms with van der Waals surface area (Å²) in [6.45, 7) is 5.01. The predicted octanol–water partition coefficient (Wildman–Crippen LogP) is 4.86. The Hall–Kier alpha value is -2.36. The third-order valence-corrected chi connectivity index (χ3v) is 4.25. The number of esters is 1. The van der Waals surface area contributed by atoms with Crippen LogP contribution in [0.15, 0.2) is 29.3 Å². The number of benzene rings is 1. The Labute approximate surface area is 172 Å². The quantitative estimate of drug-likeness (QED) is 0.509. The SMILES string of the molecule is COC(=O)C(=CN(C)C)SCc1cc(C(F)(F)F)ccc1NC(=O)OC(C)(C)C. The monoisotopic (exact) mass is 434 g/mol. The lowest BCUT2D eigenvalue weighted by atomic mass is 10.1. The smallest absolute Gasteiger partial charge is 0.416 e. The van der Waals surface area contributed by atoms with E-state index in [0.29, 0.717) is 0 Å². The van der Waals surface area contributed by atoms with Crippen LogP contribution in [0.1, 0.15) is 31.9 Å². The van der Waals surface area contributed by atoms with E-state index >= 15 is 0 Å². The molecular weight excluding hydrogens is 409 g/mol. The fourth-order valence-electron chi connectivity index (χ4n) is 2.06. The largest absolute Gasteiger partial charge is 0.465 e. The van der Waals surface area contributed by atoms with Gasteiger partial charge in [0.2, 0.25) is 0 Å². The van der Waals surface area contributed by atoms with Gasteiger partial charge in [0.1, 0.15) is 10.5 Å². The van der Waals surface area contributed by atoms with Gasteiger partial charge in [0.05, 0.1) is 12.7 Å². The molecule has 1 rings (SSSR count). The lowest BCUT2D eigenvalue weighted by molar-refractivity contribution is -0.137. The van der Waals surface area contributed by atoms with Crippen molar-refractivity contribution in [3.8, 4) is 0 Å². The molecule has 162 valence electrons. The maximum Gasteiger partial charge on any atom is 0.416 e. The van der Waals surface area contributed by atoms with E-state index in [2.05, 4.69) is 5.32 Å². The molecular formula is C19H25F3N2O4S. The second-order valence-electron chi connectivity index (χ2n) is 7.23. The Bertz CT molecular complexity index is 772. The molecule has 1 aromatic carbocycles. The first-order chi connectivity index (χ1) is 13.2. The van der Waals surface area contributed by atoms with Gasteiger partial charge in [-0.15, -0.1) is 11.8 Å². The molecule has 1 aromatic rings. The van der Waals surface area contributed by atoms with E-state index in [1.165, 1.54) is 13.3 Å². The van der Waals surface area contributed by atoms with Crippen molar-refractivity contribution in [2.75, 3.05) is 26.5 Å². The van der Waals surface area contributed by atoms with Crippen molar-refractivity contribution >= 4 is 29.5 Å². The standard InChI is InChI=1S/C19H25F3N2O4S/c1-18(2,3)28-17(26)23-14-8-7-13(19(20,21)22)9-12(14)11-29-15(10-24(4)5)16(25)27-6/h7-10H,11H2,1-6H3,(H,23,26). The average molecular weight is 434 g/mol. The van der Waals surface area contributed by atoms with Crippen molar-refractivity contribution in [2.45, 2.75) is 38.3 Å². The van der Waals surface area contributed by atoms with Crippen LogP contribution in [0.2, 0.25) is 0 Å². The number of ether oxygens (including phenoxy) is 2. The average Bonchev–Trinajstić information content (AvgIpc) is 2.55. The normalized spacial score (nSPS) is 12.4. The topological polar surface area (TPSA) is 67.9 Å². The summed E-state index contributed by atoms with van der Waals surface area (Å²) in [5.41, 5.74) is -1.28. The van der Waals surface area contributed by atoms with Crippen molar-refractivity contribution in [1.29, 1.82) is 0 Å². The molecule has 6 nitrogen and oxygen atoms in total. The van der Waals surface area contributed by atoms with E-state index in [1.54, 1.807) is 39.8 Å². The summed E-state index contributed by atoms with van der Waals surface area (Å²) in [4.78, 5) is 25.8. The van der Waals surface area contributed by atoms with E-state index in [0.717, 1.165) is 30.0 Å². The zero-order chi connectivity index (χ0) is 22.4. The summed E-state index contributed by atoms with van der Waals surface area (Å²) in [6.07, 6.45) is -3.83. The number of methoxy groups -OCH3 is 1. The molecule has 1 N–H and O–H groups in total. The molecule has 0 unspecified atom stereocenters. The van der Waals surface area contributed by atoms with Gasteiger partial charge >= 0.3 is 18.2 Å². The number of nitrogens with zero attached hydrogens (tertiary/aromatic N) is 1. The van der Waals surface area contributed by atoms with E-state index in [4.69, 9.17) is 9.47 Å². The number of hydrogen-bond donors (Lipinski definition) is 1. The third kappa shape index (κ3) is 8.68. The van der Waals surface area contributed by atoms with Crippen LogP contribution in [0.5, 0.6) is 0 Å². The van der Waals surface area contributed by atoms with Crippen molar-refractivity contribution < 1.29 is 32.2 Å². The molecule has 0 heterocycles. The molecule has 0 spiro atoms. The molecule has 10 heteroatoms. The number of hydrogen-bond acceptors (Lipinski definition) is 6. The van der Waals surface area contributed by atoms with Crippen LogP contribution in [-0.2, 0) is 26.2 Å². The minimum atomic E-state index is -4.55. The molecule has 0 atom stereocenters. The highest BCUT2D eigenvalue weighted by molar-refractivity contribution is 8.03. The molecule has 0 fully saturated rings. The van der Waals surface area contributed by atoms with E-state index in [-0.39, 0.29) is 21.9 Å². The van der Waals surface area contributed by atoms with Gasteiger partial charge in [-0.2, -0.15) is 13.2 Å². The number of halogens is 3. The second kappa shape index (κ2) is 9.91. The summed E-state index contributed by atoms with van der Waals surface area (Å²) in [5, 5.41) is 2.47. The molecule has 0 saturated heterocycles. The Morgan fingerprint density at radius 3 is 2.31 bits per heavy atom. The number of anilines is 1.